The molecule has 1 fully saturated rings. The summed E-state index contributed by atoms with van der Waals surface area (Å²) in [5, 5.41) is 7.90. The fourth-order valence-corrected chi connectivity index (χ4v) is 3.87. The zero-order valence-electron chi connectivity index (χ0n) is 14.5. The zero-order valence-corrected chi connectivity index (χ0v) is 15.3. The van der Waals surface area contributed by atoms with E-state index in [4.69, 9.17) is 9.15 Å². The predicted molar refractivity (Wildman–Crippen MR) is 93.1 cm³/mol. The standard InChI is InChI=1S/C16H21FN4O4S/c1-2-15-18-19-16(25-15)20-7-9-21(10-8-20)26(22,23)12-11-24-14-5-3-13(17)4-6-14/h3-6H,2,7-12H2,1H3. The first-order valence-corrected chi connectivity index (χ1v) is 10.0. The third-order valence-electron chi connectivity index (χ3n) is 4.08. The highest BCUT2D eigenvalue weighted by Crippen LogP contribution is 2.17. The van der Waals surface area contributed by atoms with Crippen molar-refractivity contribution in [1.29, 1.82) is 0 Å². The van der Waals surface area contributed by atoms with Crippen molar-refractivity contribution >= 4 is 16.0 Å². The Bertz CT molecular complexity index is 817. The molecule has 3 rings (SSSR count). The molecule has 1 aliphatic heterocycles. The average molecular weight is 384 g/mol. The number of hydrogen-bond acceptors (Lipinski definition) is 7. The highest BCUT2D eigenvalue weighted by Gasteiger charge is 2.28. The maximum absolute atomic E-state index is 12.8. The molecule has 26 heavy (non-hydrogen) atoms. The van der Waals surface area contributed by atoms with Crippen molar-refractivity contribution in [3.63, 3.8) is 0 Å². The van der Waals surface area contributed by atoms with Crippen LogP contribution in [0.1, 0.15) is 12.8 Å². The number of aryl methyl sites for hydroxylation is 1. The number of nitrogens with zero attached hydrogens (tertiary/aromatic N) is 4. The third kappa shape index (κ3) is 4.50. The molecule has 0 bridgehead atoms. The normalized spacial score (nSPS) is 16.0. The van der Waals surface area contributed by atoms with E-state index in [0.29, 0.717) is 50.3 Å². The van der Waals surface area contributed by atoms with Crippen LogP contribution < -0.4 is 9.64 Å². The van der Waals surface area contributed by atoms with Crippen molar-refractivity contribution in [3.8, 4) is 5.75 Å². The van der Waals surface area contributed by atoms with E-state index in [9.17, 15) is 12.8 Å². The SMILES string of the molecule is CCc1nnc(N2CCN(S(=O)(=O)CCOc3ccc(F)cc3)CC2)o1. The molecule has 1 aromatic heterocycles. The molecule has 1 aromatic carbocycles. The van der Waals surface area contributed by atoms with Gasteiger partial charge in [-0.05, 0) is 24.3 Å². The molecule has 0 N–H and O–H groups in total. The number of anilines is 1. The number of sulfonamides is 1. The number of rotatable bonds is 7. The summed E-state index contributed by atoms with van der Waals surface area (Å²) in [5.41, 5.74) is 0. The second-order valence-corrected chi connectivity index (χ2v) is 7.92. The third-order valence-corrected chi connectivity index (χ3v) is 5.92. The van der Waals surface area contributed by atoms with Crippen LogP contribution in [0.4, 0.5) is 10.4 Å². The largest absolute Gasteiger partial charge is 0.492 e. The second-order valence-electron chi connectivity index (χ2n) is 5.84. The molecule has 2 heterocycles. The van der Waals surface area contributed by atoms with Crippen molar-refractivity contribution in [2.24, 2.45) is 0 Å². The van der Waals surface area contributed by atoms with Crippen LogP contribution in [-0.4, -0.2) is 61.5 Å². The number of hydrogen-bond donors (Lipinski definition) is 0. The van der Waals surface area contributed by atoms with Gasteiger partial charge in [-0.3, -0.25) is 0 Å². The molecule has 0 unspecified atom stereocenters. The van der Waals surface area contributed by atoms with E-state index in [0.717, 1.165) is 0 Å². The topological polar surface area (TPSA) is 88.8 Å². The minimum atomic E-state index is -3.43. The molecular weight excluding hydrogens is 363 g/mol. The van der Waals surface area contributed by atoms with Crippen LogP contribution in [-0.2, 0) is 16.4 Å². The quantitative estimate of drug-likeness (QED) is 0.711. The summed E-state index contributed by atoms with van der Waals surface area (Å²) in [7, 11) is -3.43. The summed E-state index contributed by atoms with van der Waals surface area (Å²) in [6.07, 6.45) is 0.662. The van der Waals surface area contributed by atoms with Crippen LogP contribution >= 0.6 is 0 Å². The summed E-state index contributed by atoms with van der Waals surface area (Å²) in [5.74, 6) is 0.503. The van der Waals surface area contributed by atoms with Gasteiger partial charge in [-0.15, -0.1) is 5.10 Å². The van der Waals surface area contributed by atoms with Gasteiger partial charge in [0.15, 0.2) is 0 Å². The lowest BCUT2D eigenvalue weighted by Gasteiger charge is -2.32. The van der Waals surface area contributed by atoms with Crippen LogP contribution in [0.5, 0.6) is 5.75 Å². The van der Waals surface area contributed by atoms with Gasteiger partial charge < -0.3 is 14.1 Å². The predicted octanol–water partition coefficient (Wildman–Crippen LogP) is 1.30. The highest BCUT2D eigenvalue weighted by atomic mass is 32.2. The minimum Gasteiger partial charge on any atom is -0.492 e. The number of benzene rings is 1. The molecule has 0 radical (unpaired) electrons. The maximum Gasteiger partial charge on any atom is 0.318 e. The summed E-state index contributed by atoms with van der Waals surface area (Å²) in [6.45, 7) is 3.62. The first-order chi connectivity index (χ1) is 12.5. The summed E-state index contributed by atoms with van der Waals surface area (Å²) >= 11 is 0. The van der Waals surface area contributed by atoms with Gasteiger partial charge in [0.1, 0.15) is 18.2 Å². The molecule has 0 aliphatic carbocycles. The van der Waals surface area contributed by atoms with E-state index in [1.54, 1.807) is 0 Å². The van der Waals surface area contributed by atoms with Crippen LogP contribution in [0, 0.1) is 5.82 Å². The van der Waals surface area contributed by atoms with Gasteiger partial charge in [0, 0.05) is 32.6 Å². The fraction of sp³-hybridized carbons (Fsp3) is 0.500. The average Bonchev–Trinajstić information content (AvgIpc) is 3.13. The Labute approximate surface area is 151 Å². The maximum atomic E-state index is 12.8. The molecule has 1 saturated heterocycles. The zero-order chi connectivity index (χ0) is 18.6. The van der Waals surface area contributed by atoms with Crippen LogP contribution in [0.3, 0.4) is 0 Å². The van der Waals surface area contributed by atoms with Crippen molar-refractivity contribution in [3.05, 3.63) is 36.0 Å². The molecule has 0 saturated carbocycles. The van der Waals surface area contributed by atoms with Gasteiger partial charge in [-0.25, -0.2) is 12.8 Å². The Hall–Kier alpha value is -2.20. The van der Waals surface area contributed by atoms with E-state index in [-0.39, 0.29) is 18.2 Å². The first kappa shape index (κ1) is 18.6. The molecule has 0 spiro atoms. The Morgan fingerprint density at radius 2 is 1.85 bits per heavy atom. The van der Waals surface area contributed by atoms with Crippen molar-refractivity contribution in [2.75, 3.05) is 43.4 Å². The lowest BCUT2D eigenvalue weighted by Crippen LogP contribution is -2.49. The van der Waals surface area contributed by atoms with Crippen LogP contribution in [0.2, 0.25) is 0 Å². The molecule has 0 atom stereocenters. The number of aromatic nitrogens is 2. The highest BCUT2D eigenvalue weighted by molar-refractivity contribution is 7.89. The Morgan fingerprint density at radius 3 is 2.46 bits per heavy atom. The first-order valence-electron chi connectivity index (χ1n) is 8.41. The lowest BCUT2D eigenvalue weighted by molar-refractivity contribution is 0.328. The van der Waals surface area contributed by atoms with Gasteiger partial charge >= 0.3 is 6.01 Å². The summed E-state index contributed by atoms with van der Waals surface area (Å²) < 4.78 is 50.0. The van der Waals surface area contributed by atoms with Crippen LogP contribution in [0.25, 0.3) is 0 Å². The molecule has 142 valence electrons. The van der Waals surface area contributed by atoms with E-state index in [2.05, 4.69) is 10.2 Å². The molecule has 10 heteroatoms. The van der Waals surface area contributed by atoms with E-state index < -0.39 is 10.0 Å². The van der Waals surface area contributed by atoms with E-state index in [1.165, 1.54) is 28.6 Å². The summed E-state index contributed by atoms with van der Waals surface area (Å²) in [4.78, 5) is 1.88. The van der Waals surface area contributed by atoms with Crippen molar-refractivity contribution < 1.29 is 22.0 Å². The Morgan fingerprint density at radius 1 is 1.15 bits per heavy atom. The molecular formula is C16H21FN4O4S. The van der Waals surface area contributed by atoms with Crippen molar-refractivity contribution in [1.82, 2.24) is 14.5 Å². The minimum absolute atomic E-state index is 0.0116. The smallest absolute Gasteiger partial charge is 0.318 e. The van der Waals surface area contributed by atoms with E-state index >= 15 is 0 Å². The molecule has 2 aromatic rings. The Kier molecular flexibility index (Phi) is 5.72. The van der Waals surface area contributed by atoms with Gasteiger partial charge in [0.05, 0.1) is 5.75 Å². The number of halogens is 1. The lowest BCUT2D eigenvalue weighted by atomic mass is 10.3. The van der Waals surface area contributed by atoms with Gasteiger partial charge in [-0.1, -0.05) is 12.0 Å². The van der Waals surface area contributed by atoms with Crippen LogP contribution in [0.15, 0.2) is 28.7 Å². The summed E-state index contributed by atoms with van der Waals surface area (Å²) in [6, 6.07) is 5.90. The van der Waals surface area contributed by atoms with Gasteiger partial charge in [0.25, 0.3) is 0 Å². The number of piperazine rings is 1. The Balaban J connectivity index is 1.48. The fourth-order valence-electron chi connectivity index (χ4n) is 2.60. The van der Waals surface area contributed by atoms with E-state index in [1.807, 2.05) is 11.8 Å². The van der Waals surface area contributed by atoms with Gasteiger partial charge in [0.2, 0.25) is 15.9 Å². The molecule has 8 nitrogen and oxygen atoms in total. The molecule has 1 aliphatic rings. The van der Waals surface area contributed by atoms with Crippen molar-refractivity contribution in [2.45, 2.75) is 13.3 Å². The van der Waals surface area contributed by atoms with Gasteiger partial charge in [-0.2, -0.15) is 4.31 Å². The number of ether oxygens (including phenoxy) is 1. The second kappa shape index (κ2) is 8.00. The molecule has 0 amide bonds. The monoisotopic (exact) mass is 384 g/mol.